The number of nitriles is 1. The minimum atomic E-state index is 0.0680. The summed E-state index contributed by atoms with van der Waals surface area (Å²) in [4.78, 5) is 13.8. The average molecular weight is 431 g/mol. The van der Waals surface area contributed by atoms with Crippen molar-refractivity contribution in [2.24, 2.45) is 11.3 Å². The van der Waals surface area contributed by atoms with Crippen molar-refractivity contribution in [3.63, 3.8) is 0 Å². The van der Waals surface area contributed by atoms with Gasteiger partial charge in [0.15, 0.2) is 0 Å². The molecule has 1 aromatic heterocycles. The van der Waals surface area contributed by atoms with E-state index in [9.17, 15) is 10.1 Å². The SMILES string of the molecule is CCCCCCCCCCCC(=O)Nc1sc2c(c1C#N)CCC(C(C)(C)CC)C2. The normalized spacial score (nSPS) is 16.2. The van der Waals surface area contributed by atoms with Crippen LogP contribution in [-0.4, -0.2) is 5.91 Å². The highest BCUT2D eigenvalue weighted by atomic mass is 32.1. The maximum atomic E-state index is 12.5. The van der Waals surface area contributed by atoms with Crippen molar-refractivity contribution < 1.29 is 4.79 Å². The number of carbonyl (C=O) groups is 1. The lowest BCUT2D eigenvalue weighted by molar-refractivity contribution is -0.116. The molecule has 1 aliphatic carbocycles. The molecule has 168 valence electrons. The van der Waals surface area contributed by atoms with Crippen LogP contribution >= 0.6 is 11.3 Å². The van der Waals surface area contributed by atoms with Crippen LogP contribution < -0.4 is 5.32 Å². The summed E-state index contributed by atoms with van der Waals surface area (Å²) in [5.74, 6) is 0.726. The number of anilines is 1. The summed E-state index contributed by atoms with van der Waals surface area (Å²) in [5.41, 5.74) is 2.25. The predicted molar refractivity (Wildman–Crippen MR) is 129 cm³/mol. The number of hydrogen-bond donors (Lipinski definition) is 1. The quantitative estimate of drug-likeness (QED) is 0.322. The average Bonchev–Trinajstić information content (AvgIpc) is 3.08. The summed E-state index contributed by atoms with van der Waals surface area (Å²) in [7, 11) is 0. The molecule has 1 amide bonds. The Hall–Kier alpha value is -1.34. The molecule has 0 saturated heterocycles. The first-order valence-corrected chi connectivity index (χ1v) is 13.1. The van der Waals surface area contributed by atoms with E-state index in [0.29, 0.717) is 17.8 Å². The Bertz CT molecular complexity index is 713. The molecule has 0 bridgehead atoms. The summed E-state index contributed by atoms with van der Waals surface area (Å²) in [6, 6.07) is 2.38. The number of thiophene rings is 1. The van der Waals surface area contributed by atoms with E-state index in [0.717, 1.165) is 42.7 Å². The summed E-state index contributed by atoms with van der Waals surface area (Å²) in [6.45, 7) is 9.23. The largest absolute Gasteiger partial charge is 0.317 e. The molecule has 4 heteroatoms. The molecule has 30 heavy (non-hydrogen) atoms. The fourth-order valence-corrected chi connectivity index (χ4v) is 5.83. The third kappa shape index (κ3) is 7.12. The molecule has 0 aromatic carbocycles. The fourth-order valence-electron chi connectivity index (χ4n) is 4.53. The first-order chi connectivity index (χ1) is 14.4. The van der Waals surface area contributed by atoms with E-state index >= 15 is 0 Å². The van der Waals surface area contributed by atoms with E-state index in [-0.39, 0.29) is 5.91 Å². The van der Waals surface area contributed by atoms with Crippen molar-refractivity contribution >= 4 is 22.2 Å². The van der Waals surface area contributed by atoms with Crippen molar-refractivity contribution in [2.75, 3.05) is 5.32 Å². The molecule has 1 heterocycles. The van der Waals surface area contributed by atoms with Gasteiger partial charge < -0.3 is 5.32 Å². The monoisotopic (exact) mass is 430 g/mol. The standard InChI is InChI=1S/C26H42N2OS/c1-5-7-8-9-10-11-12-13-14-15-24(29)28-25-22(19-27)21-17-16-20(18-23(21)30-25)26(3,4)6-2/h20H,5-18H2,1-4H3,(H,28,29). The second-order valence-electron chi connectivity index (χ2n) is 9.73. The number of fused-ring (bicyclic) bond motifs is 1. The van der Waals surface area contributed by atoms with Crippen LogP contribution in [0, 0.1) is 22.7 Å². The van der Waals surface area contributed by atoms with Gasteiger partial charge in [-0.3, -0.25) is 4.79 Å². The molecule has 1 aromatic rings. The molecule has 0 fully saturated rings. The second-order valence-corrected chi connectivity index (χ2v) is 10.8. The molecule has 1 atom stereocenters. The Labute approximate surface area is 188 Å². The lowest BCUT2D eigenvalue weighted by Crippen LogP contribution is -2.28. The van der Waals surface area contributed by atoms with Gasteiger partial charge in [-0.2, -0.15) is 5.26 Å². The number of hydrogen-bond acceptors (Lipinski definition) is 3. The fraction of sp³-hybridized carbons (Fsp3) is 0.769. The highest BCUT2D eigenvalue weighted by molar-refractivity contribution is 7.16. The summed E-state index contributed by atoms with van der Waals surface area (Å²) in [6.07, 6.45) is 16.2. The minimum Gasteiger partial charge on any atom is -0.317 e. The van der Waals surface area contributed by atoms with Gasteiger partial charge in [-0.25, -0.2) is 0 Å². The minimum absolute atomic E-state index is 0.0680. The van der Waals surface area contributed by atoms with E-state index in [1.807, 2.05) is 0 Å². The smallest absolute Gasteiger partial charge is 0.225 e. The number of rotatable bonds is 13. The number of nitrogens with zero attached hydrogens (tertiary/aromatic N) is 1. The molecule has 0 aliphatic heterocycles. The van der Waals surface area contributed by atoms with Crippen LogP contribution in [0.3, 0.4) is 0 Å². The number of unbranched alkanes of at least 4 members (excludes halogenated alkanes) is 8. The van der Waals surface area contributed by atoms with E-state index < -0.39 is 0 Å². The van der Waals surface area contributed by atoms with Crippen LogP contribution in [0.25, 0.3) is 0 Å². The van der Waals surface area contributed by atoms with Crippen LogP contribution in [0.2, 0.25) is 0 Å². The van der Waals surface area contributed by atoms with Crippen molar-refractivity contribution in [3.05, 3.63) is 16.0 Å². The van der Waals surface area contributed by atoms with Gasteiger partial charge in [0.05, 0.1) is 5.56 Å². The van der Waals surface area contributed by atoms with Gasteiger partial charge in [0.1, 0.15) is 11.1 Å². The van der Waals surface area contributed by atoms with Gasteiger partial charge >= 0.3 is 0 Å². The van der Waals surface area contributed by atoms with Gasteiger partial charge in [-0.1, -0.05) is 85.5 Å². The van der Waals surface area contributed by atoms with E-state index in [1.54, 1.807) is 11.3 Å². The van der Waals surface area contributed by atoms with Crippen LogP contribution in [0.4, 0.5) is 5.00 Å². The maximum absolute atomic E-state index is 12.5. The van der Waals surface area contributed by atoms with Crippen molar-refractivity contribution in [3.8, 4) is 6.07 Å². The first-order valence-electron chi connectivity index (χ1n) is 12.3. The molecule has 1 unspecified atom stereocenters. The van der Waals surface area contributed by atoms with Gasteiger partial charge in [0.25, 0.3) is 0 Å². The number of amides is 1. The number of nitrogens with one attached hydrogen (secondary N) is 1. The Morgan fingerprint density at radius 3 is 2.33 bits per heavy atom. The number of carbonyl (C=O) groups excluding carboxylic acids is 1. The van der Waals surface area contributed by atoms with Gasteiger partial charge in [0.2, 0.25) is 5.91 Å². The van der Waals surface area contributed by atoms with E-state index in [1.165, 1.54) is 61.8 Å². The van der Waals surface area contributed by atoms with Crippen LogP contribution in [0.5, 0.6) is 0 Å². The lowest BCUT2D eigenvalue weighted by atomic mass is 9.69. The Kier molecular flexibility index (Phi) is 10.4. The zero-order chi connectivity index (χ0) is 22.0. The van der Waals surface area contributed by atoms with E-state index in [4.69, 9.17) is 0 Å². The summed E-state index contributed by atoms with van der Waals surface area (Å²) in [5, 5.41) is 13.6. The predicted octanol–water partition coefficient (Wildman–Crippen LogP) is 8.02. The molecule has 1 aliphatic rings. The molecule has 3 nitrogen and oxygen atoms in total. The third-order valence-corrected chi connectivity index (χ3v) is 8.32. The zero-order valence-corrected chi connectivity index (χ0v) is 20.6. The Morgan fingerprint density at radius 1 is 1.10 bits per heavy atom. The molecule has 2 rings (SSSR count). The lowest BCUT2D eigenvalue weighted by Gasteiger charge is -2.36. The third-order valence-electron chi connectivity index (χ3n) is 7.15. The molecule has 0 spiro atoms. The molecule has 1 N–H and O–H groups in total. The first kappa shape index (κ1) is 24.9. The van der Waals surface area contributed by atoms with Crippen molar-refractivity contribution in [1.82, 2.24) is 0 Å². The van der Waals surface area contributed by atoms with Crippen LogP contribution in [0.1, 0.15) is 121 Å². The van der Waals surface area contributed by atoms with Gasteiger partial charge in [-0.05, 0) is 42.6 Å². The molecule has 0 saturated carbocycles. The molecular weight excluding hydrogens is 388 g/mol. The van der Waals surface area contributed by atoms with Gasteiger partial charge in [-0.15, -0.1) is 11.3 Å². The van der Waals surface area contributed by atoms with Crippen molar-refractivity contribution in [1.29, 1.82) is 5.26 Å². The van der Waals surface area contributed by atoms with Gasteiger partial charge in [0, 0.05) is 11.3 Å². The van der Waals surface area contributed by atoms with Crippen molar-refractivity contribution in [2.45, 2.75) is 118 Å². The van der Waals surface area contributed by atoms with E-state index in [2.05, 4.69) is 39.1 Å². The molecular formula is C26H42N2OS. The summed E-state index contributed by atoms with van der Waals surface area (Å²) < 4.78 is 0. The molecule has 0 radical (unpaired) electrons. The zero-order valence-electron chi connectivity index (χ0n) is 19.7. The summed E-state index contributed by atoms with van der Waals surface area (Å²) >= 11 is 1.65. The topological polar surface area (TPSA) is 52.9 Å². The highest BCUT2D eigenvalue weighted by Crippen LogP contribution is 2.45. The van der Waals surface area contributed by atoms with Crippen LogP contribution in [-0.2, 0) is 17.6 Å². The highest BCUT2D eigenvalue weighted by Gasteiger charge is 2.34. The maximum Gasteiger partial charge on any atom is 0.225 e. The Morgan fingerprint density at radius 2 is 1.73 bits per heavy atom. The second kappa shape index (κ2) is 12.5. The Balaban J connectivity index is 1.79. The van der Waals surface area contributed by atoms with Crippen LogP contribution in [0.15, 0.2) is 0 Å².